The summed E-state index contributed by atoms with van der Waals surface area (Å²) in [5.74, 6) is 0.866. The Morgan fingerprint density at radius 1 is 1.18 bits per heavy atom. The lowest BCUT2D eigenvalue weighted by molar-refractivity contribution is 0.501. The molecule has 0 aliphatic heterocycles. The van der Waals surface area contributed by atoms with Gasteiger partial charge in [-0.05, 0) is 46.2 Å². The Bertz CT molecular complexity index is 426. The molecule has 0 heterocycles. The maximum absolute atomic E-state index is 4.25. The summed E-state index contributed by atoms with van der Waals surface area (Å²) in [5.41, 5.74) is 1.32. The van der Waals surface area contributed by atoms with Crippen molar-refractivity contribution in [1.82, 2.24) is 10.6 Å². The van der Waals surface area contributed by atoms with E-state index in [0.717, 1.165) is 32.0 Å². The van der Waals surface area contributed by atoms with E-state index in [4.69, 9.17) is 0 Å². The number of para-hydroxylation sites is 1. The third-order valence-electron chi connectivity index (χ3n) is 3.12. The highest BCUT2D eigenvalue weighted by Crippen LogP contribution is 2.12. The molecule has 0 saturated carbocycles. The minimum atomic E-state index is 0. The first-order valence-corrected chi connectivity index (χ1v) is 7.75. The summed E-state index contributed by atoms with van der Waals surface area (Å²) in [6, 6.07) is 10.6. The lowest BCUT2D eigenvalue weighted by Crippen LogP contribution is -2.48. The highest BCUT2D eigenvalue weighted by molar-refractivity contribution is 14.0. The summed E-state index contributed by atoms with van der Waals surface area (Å²) in [7, 11) is 1.81. The Hall–Kier alpha value is -0.980. The minimum Gasteiger partial charge on any atom is -0.372 e. The van der Waals surface area contributed by atoms with Crippen LogP contribution in [0.15, 0.2) is 35.3 Å². The third kappa shape index (κ3) is 8.46. The van der Waals surface area contributed by atoms with E-state index in [0.29, 0.717) is 0 Å². The Morgan fingerprint density at radius 2 is 1.82 bits per heavy atom. The van der Waals surface area contributed by atoms with Gasteiger partial charge in [0.1, 0.15) is 0 Å². The predicted molar refractivity (Wildman–Crippen MR) is 109 cm³/mol. The fourth-order valence-corrected chi connectivity index (χ4v) is 2.12. The zero-order chi connectivity index (χ0) is 15.7. The Kier molecular flexibility index (Phi) is 10.2. The standard InChI is InChI=1S/C17H30N4.HI/c1-6-21(15-11-8-7-9-12-15)14-10-13-19-16(18-5)20-17(2,3)4;/h7-9,11-12H,6,10,13-14H2,1-5H3,(H2,18,19,20);1H. The number of rotatable bonds is 6. The quantitative estimate of drug-likeness (QED) is 0.322. The number of aliphatic imine (C=N–C) groups is 1. The molecule has 5 heteroatoms. The summed E-state index contributed by atoms with van der Waals surface area (Å²) in [4.78, 5) is 6.64. The molecule has 0 fully saturated rings. The van der Waals surface area contributed by atoms with Gasteiger partial charge in [-0.25, -0.2) is 0 Å². The van der Waals surface area contributed by atoms with E-state index in [9.17, 15) is 0 Å². The third-order valence-corrected chi connectivity index (χ3v) is 3.12. The monoisotopic (exact) mass is 418 g/mol. The van der Waals surface area contributed by atoms with E-state index in [1.54, 1.807) is 0 Å². The number of hydrogen-bond acceptors (Lipinski definition) is 2. The predicted octanol–water partition coefficient (Wildman–Crippen LogP) is 3.48. The van der Waals surface area contributed by atoms with Crippen molar-refractivity contribution >= 4 is 35.6 Å². The molecule has 0 saturated heterocycles. The molecule has 0 amide bonds. The summed E-state index contributed by atoms with van der Waals surface area (Å²) < 4.78 is 0. The molecule has 126 valence electrons. The number of anilines is 1. The average molecular weight is 418 g/mol. The Balaban J connectivity index is 0.00000441. The molecule has 1 rings (SSSR count). The highest BCUT2D eigenvalue weighted by Gasteiger charge is 2.11. The number of hydrogen-bond donors (Lipinski definition) is 2. The maximum atomic E-state index is 4.25. The first kappa shape index (κ1) is 21.0. The van der Waals surface area contributed by atoms with Gasteiger partial charge in [0.2, 0.25) is 0 Å². The Labute approximate surface area is 152 Å². The van der Waals surface area contributed by atoms with Crippen molar-refractivity contribution < 1.29 is 0 Å². The minimum absolute atomic E-state index is 0. The van der Waals surface area contributed by atoms with Crippen LogP contribution in [-0.4, -0.2) is 38.2 Å². The van der Waals surface area contributed by atoms with Gasteiger partial charge in [-0.2, -0.15) is 0 Å². The molecule has 4 nitrogen and oxygen atoms in total. The van der Waals surface area contributed by atoms with Crippen LogP contribution < -0.4 is 15.5 Å². The lowest BCUT2D eigenvalue weighted by Gasteiger charge is -2.25. The molecule has 0 aromatic heterocycles. The van der Waals surface area contributed by atoms with E-state index in [1.807, 2.05) is 7.05 Å². The number of benzene rings is 1. The Morgan fingerprint density at radius 3 is 2.32 bits per heavy atom. The second-order valence-corrected chi connectivity index (χ2v) is 6.14. The summed E-state index contributed by atoms with van der Waals surface area (Å²) in [6.07, 6.45) is 1.08. The number of nitrogens with one attached hydrogen (secondary N) is 2. The summed E-state index contributed by atoms with van der Waals surface area (Å²) >= 11 is 0. The van der Waals surface area contributed by atoms with E-state index >= 15 is 0 Å². The molecule has 1 aromatic carbocycles. The van der Waals surface area contributed by atoms with E-state index < -0.39 is 0 Å². The van der Waals surface area contributed by atoms with Crippen LogP contribution >= 0.6 is 24.0 Å². The van der Waals surface area contributed by atoms with Crippen LogP contribution in [0.1, 0.15) is 34.1 Å². The van der Waals surface area contributed by atoms with Crippen molar-refractivity contribution in [1.29, 1.82) is 0 Å². The summed E-state index contributed by atoms with van der Waals surface area (Å²) in [6.45, 7) is 11.6. The topological polar surface area (TPSA) is 39.7 Å². The van der Waals surface area contributed by atoms with Crippen LogP contribution in [0.5, 0.6) is 0 Å². The van der Waals surface area contributed by atoms with Gasteiger partial charge in [-0.15, -0.1) is 24.0 Å². The van der Waals surface area contributed by atoms with E-state index in [1.165, 1.54) is 5.69 Å². The normalized spacial score (nSPS) is 11.6. The van der Waals surface area contributed by atoms with Crippen LogP contribution in [0.3, 0.4) is 0 Å². The molecule has 0 bridgehead atoms. The summed E-state index contributed by atoms with van der Waals surface area (Å²) in [5, 5.41) is 6.73. The molecule has 22 heavy (non-hydrogen) atoms. The van der Waals surface area contributed by atoms with E-state index in [2.05, 4.69) is 78.6 Å². The fourth-order valence-electron chi connectivity index (χ4n) is 2.12. The zero-order valence-electron chi connectivity index (χ0n) is 14.5. The largest absolute Gasteiger partial charge is 0.372 e. The van der Waals surface area contributed by atoms with E-state index in [-0.39, 0.29) is 29.5 Å². The smallest absolute Gasteiger partial charge is 0.191 e. The van der Waals surface area contributed by atoms with Crippen molar-refractivity contribution in [3.63, 3.8) is 0 Å². The van der Waals surface area contributed by atoms with Gasteiger partial charge < -0.3 is 15.5 Å². The molecule has 0 aliphatic rings. The molecule has 0 atom stereocenters. The van der Waals surface area contributed by atoms with Crippen LogP contribution in [-0.2, 0) is 0 Å². The van der Waals surface area contributed by atoms with Crippen LogP contribution in [0.4, 0.5) is 5.69 Å². The first-order valence-electron chi connectivity index (χ1n) is 7.75. The van der Waals surface area contributed by atoms with Crippen molar-refractivity contribution in [2.45, 2.75) is 39.7 Å². The molecule has 0 aliphatic carbocycles. The highest BCUT2D eigenvalue weighted by atomic mass is 127. The average Bonchev–Trinajstić information content (AvgIpc) is 2.45. The van der Waals surface area contributed by atoms with Crippen LogP contribution in [0.2, 0.25) is 0 Å². The molecule has 0 radical (unpaired) electrons. The van der Waals surface area contributed by atoms with Gasteiger partial charge in [-0.3, -0.25) is 4.99 Å². The van der Waals surface area contributed by atoms with Crippen LogP contribution in [0, 0.1) is 0 Å². The maximum Gasteiger partial charge on any atom is 0.191 e. The second kappa shape index (κ2) is 10.7. The first-order chi connectivity index (χ1) is 9.96. The van der Waals surface area contributed by atoms with Crippen LogP contribution in [0.25, 0.3) is 0 Å². The molecular formula is C17H31IN4. The van der Waals surface area contributed by atoms with Gasteiger partial charge in [0.05, 0.1) is 0 Å². The SMILES string of the molecule is CCN(CCCNC(=NC)NC(C)(C)C)c1ccccc1.I. The van der Waals surface area contributed by atoms with Crippen molar-refractivity contribution in [3.8, 4) is 0 Å². The van der Waals surface area contributed by atoms with Crippen molar-refractivity contribution in [3.05, 3.63) is 30.3 Å². The van der Waals surface area contributed by atoms with Crippen molar-refractivity contribution in [2.75, 3.05) is 31.6 Å². The van der Waals surface area contributed by atoms with Gasteiger partial charge in [-0.1, -0.05) is 18.2 Å². The van der Waals surface area contributed by atoms with Crippen molar-refractivity contribution in [2.24, 2.45) is 4.99 Å². The number of guanidine groups is 1. The van der Waals surface area contributed by atoms with Gasteiger partial charge in [0, 0.05) is 37.9 Å². The molecule has 2 N–H and O–H groups in total. The zero-order valence-corrected chi connectivity index (χ0v) is 16.8. The van der Waals surface area contributed by atoms with Gasteiger partial charge in [0.25, 0.3) is 0 Å². The molecular weight excluding hydrogens is 387 g/mol. The number of halogens is 1. The molecule has 0 unspecified atom stereocenters. The molecule has 1 aromatic rings. The van der Waals surface area contributed by atoms with Gasteiger partial charge in [0.15, 0.2) is 5.96 Å². The van der Waals surface area contributed by atoms with Gasteiger partial charge >= 0.3 is 0 Å². The second-order valence-electron chi connectivity index (χ2n) is 6.14. The fraction of sp³-hybridized carbons (Fsp3) is 0.588. The molecule has 0 spiro atoms. The lowest BCUT2D eigenvalue weighted by atomic mass is 10.1. The number of nitrogens with zero attached hydrogens (tertiary/aromatic N) is 2.